The van der Waals surface area contributed by atoms with Crippen LogP contribution in [0.4, 0.5) is 9.59 Å². The van der Waals surface area contributed by atoms with E-state index in [-0.39, 0.29) is 37.9 Å². The van der Waals surface area contributed by atoms with Crippen LogP contribution in [0, 0.1) is 11.8 Å². The third kappa shape index (κ3) is 12.7. The first-order valence-electron chi connectivity index (χ1n) is 20.6. The van der Waals surface area contributed by atoms with E-state index >= 15 is 0 Å². The second-order valence-corrected chi connectivity index (χ2v) is 15.6. The van der Waals surface area contributed by atoms with Crippen LogP contribution in [0.5, 0.6) is 0 Å². The highest BCUT2D eigenvalue weighted by Gasteiger charge is 2.39. The van der Waals surface area contributed by atoms with Crippen molar-refractivity contribution in [2.24, 2.45) is 11.8 Å². The molecule has 6 rings (SSSR count). The van der Waals surface area contributed by atoms with E-state index in [2.05, 4.69) is 21.3 Å². The maximum Gasteiger partial charge on any atom is 0.408 e. The number of amides is 4. The predicted molar refractivity (Wildman–Crippen MR) is 221 cm³/mol. The van der Waals surface area contributed by atoms with Crippen molar-refractivity contribution >= 4 is 24.0 Å². The summed E-state index contributed by atoms with van der Waals surface area (Å²) in [6, 6.07) is 34.2. The lowest BCUT2D eigenvalue weighted by Crippen LogP contribution is -2.61. The highest BCUT2D eigenvalue weighted by molar-refractivity contribution is 5.87. The fourth-order valence-corrected chi connectivity index (χ4v) is 8.24. The number of nitrogens with one attached hydrogen (secondary N) is 4. The highest BCUT2D eigenvalue weighted by Crippen LogP contribution is 2.30. The molecule has 11 heteroatoms. The first kappa shape index (κ1) is 41.9. The van der Waals surface area contributed by atoms with Crippen LogP contribution in [0.2, 0.25) is 0 Å². The molecule has 2 saturated carbocycles. The standard InChI is InChI=1S/C47H56N4O7/c52-43(39(29-33-17-5-1-6-18-33)48-44(53)41(37-25-13-14-26-37)50-46(55)57-31-35-21-9-3-10-22-35)40(30-34-19-7-2-8-20-34)49-45(54)42(38-27-15-16-28-38)51-47(56)58-32-36-23-11-4-12-24-36/h1-12,17-24,37-43,52H,13-16,25-32H2,(H,48,53)(H,49,54)(H,50,55)(H,51,56)/t39-,40-,41-,42-/m0/s1. The van der Waals surface area contributed by atoms with Crippen molar-refractivity contribution in [3.05, 3.63) is 144 Å². The second-order valence-electron chi connectivity index (χ2n) is 15.6. The lowest BCUT2D eigenvalue weighted by molar-refractivity contribution is -0.127. The number of rotatable bonds is 18. The predicted octanol–water partition coefficient (Wildman–Crippen LogP) is 6.77. The van der Waals surface area contributed by atoms with Crippen molar-refractivity contribution in [2.75, 3.05) is 0 Å². The fraction of sp³-hybridized carbons (Fsp3) is 0.404. The third-order valence-electron chi connectivity index (χ3n) is 11.4. The van der Waals surface area contributed by atoms with Gasteiger partial charge in [-0.1, -0.05) is 147 Å². The molecule has 0 unspecified atom stereocenters. The van der Waals surface area contributed by atoms with E-state index in [1.54, 1.807) is 0 Å². The van der Waals surface area contributed by atoms with Crippen molar-refractivity contribution in [3.8, 4) is 0 Å². The Balaban J connectivity index is 1.22. The minimum absolute atomic E-state index is 0.0589. The van der Waals surface area contributed by atoms with E-state index in [0.29, 0.717) is 0 Å². The first-order valence-corrected chi connectivity index (χ1v) is 20.6. The Labute approximate surface area is 341 Å². The largest absolute Gasteiger partial charge is 0.445 e. The molecule has 0 aromatic heterocycles. The molecule has 0 spiro atoms. The first-order chi connectivity index (χ1) is 28.3. The van der Waals surface area contributed by atoms with Crippen LogP contribution < -0.4 is 21.3 Å². The van der Waals surface area contributed by atoms with Crippen molar-refractivity contribution in [3.63, 3.8) is 0 Å². The molecule has 2 aliphatic carbocycles. The number of hydrogen-bond donors (Lipinski definition) is 5. The second kappa shape index (κ2) is 21.7. The van der Waals surface area contributed by atoms with Crippen molar-refractivity contribution in [1.82, 2.24) is 21.3 Å². The van der Waals surface area contributed by atoms with Crippen LogP contribution in [0.1, 0.15) is 73.6 Å². The van der Waals surface area contributed by atoms with E-state index in [4.69, 9.17) is 9.47 Å². The number of benzene rings is 4. The summed E-state index contributed by atoms with van der Waals surface area (Å²) < 4.78 is 11.1. The van der Waals surface area contributed by atoms with Gasteiger partial charge in [-0.25, -0.2) is 9.59 Å². The molecule has 4 aromatic carbocycles. The van der Waals surface area contributed by atoms with Crippen molar-refractivity contribution in [2.45, 2.75) is 108 Å². The molecule has 5 N–H and O–H groups in total. The number of carbonyl (C=O) groups excluding carboxylic acids is 4. The van der Waals surface area contributed by atoms with Crippen LogP contribution in [0.25, 0.3) is 0 Å². The van der Waals surface area contributed by atoms with Gasteiger partial charge < -0.3 is 35.8 Å². The van der Waals surface area contributed by atoms with Gasteiger partial charge >= 0.3 is 12.2 Å². The van der Waals surface area contributed by atoms with Crippen LogP contribution in [-0.4, -0.2) is 59.4 Å². The van der Waals surface area contributed by atoms with Gasteiger partial charge in [-0.3, -0.25) is 9.59 Å². The molecular formula is C47H56N4O7. The Morgan fingerprint density at radius 2 is 0.793 bits per heavy atom. The summed E-state index contributed by atoms with van der Waals surface area (Å²) >= 11 is 0. The molecular weight excluding hydrogens is 733 g/mol. The molecule has 306 valence electrons. The number of aliphatic hydroxyl groups is 1. The number of aliphatic hydroxyl groups excluding tert-OH is 1. The fourth-order valence-electron chi connectivity index (χ4n) is 8.24. The summed E-state index contributed by atoms with van der Waals surface area (Å²) in [5.41, 5.74) is 3.39. The molecule has 2 fully saturated rings. The zero-order valence-electron chi connectivity index (χ0n) is 33.0. The van der Waals surface area contributed by atoms with Crippen LogP contribution in [0.3, 0.4) is 0 Å². The Hall–Kier alpha value is -5.68. The third-order valence-corrected chi connectivity index (χ3v) is 11.4. The number of alkyl carbamates (subject to hydrolysis) is 2. The minimum atomic E-state index is -1.28. The smallest absolute Gasteiger partial charge is 0.408 e. The molecule has 0 saturated heterocycles. The monoisotopic (exact) mass is 788 g/mol. The molecule has 58 heavy (non-hydrogen) atoms. The lowest BCUT2D eigenvalue weighted by Gasteiger charge is -2.34. The Bertz CT molecular complexity index is 1730. The zero-order valence-corrected chi connectivity index (χ0v) is 33.0. The average Bonchev–Trinajstić information content (AvgIpc) is 4.00. The number of hydrogen-bond acceptors (Lipinski definition) is 7. The Morgan fingerprint density at radius 1 is 0.483 bits per heavy atom. The SMILES string of the molecule is O=C(N[C@H](C(=O)N[C@@H](Cc1ccccc1)C(O)[C@H](Cc1ccccc1)NC(=O)[C@@H](NC(=O)OCc1ccccc1)C1CCCC1)C1CCCC1)OCc1ccccc1. The summed E-state index contributed by atoms with van der Waals surface area (Å²) in [5.74, 6) is -1.09. The van der Waals surface area contributed by atoms with Gasteiger partial charge in [-0.05, 0) is 72.6 Å². The van der Waals surface area contributed by atoms with E-state index in [1.807, 2.05) is 121 Å². The van der Waals surface area contributed by atoms with Gasteiger partial charge in [0.1, 0.15) is 25.3 Å². The van der Waals surface area contributed by atoms with Gasteiger partial charge in [0, 0.05) is 0 Å². The summed E-state index contributed by atoms with van der Waals surface area (Å²) in [5, 5.41) is 24.3. The van der Waals surface area contributed by atoms with E-state index < -0.39 is 54.3 Å². The van der Waals surface area contributed by atoms with Crippen LogP contribution in [0.15, 0.2) is 121 Å². The van der Waals surface area contributed by atoms with Gasteiger partial charge in [0.25, 0.3) is 0 Å². The quantitative estimate of drug-likeness (QED) is 0.0746. The number of carbonyl (C=O) groups is 4. The molecule has 4 amide bonds. The van der Waals surface area contributed by atoms with E-state index in [1.165, 1.54) is 0 Å². The molecule has 2 aliphatic rings. The number of ether oxygens (including phenoxy) is 2. The Morgan fingerprint density at radius 3 is 1.12 bits per heavy atom. The molecule has 0 radical (unpaired) electrons. The van der Waals surface area contributed by atoms with Crippen LogP contribution in [-0.2, 0) is 45.1 Å². The van der Waals surface area contributed by atoms with E-state index in [9.17, 15) is 24.3 Å². The topological polar surface area (TPSA) is 155 Å². The van der Waals surface area contributed by atoms with Crippen molar-refractivity contribution < 1.29 is 33.8 Å². The van der Waals surface area contributed by atoms with Gasteiger partial charge in [0.15, 0.2) is 0 Å². The zero-order chi connectivity index (χ0) is 40.5. The summed E-state index contributed by atoms with van der Waals surface area (Å²) in [7, 11) is 0. The molecule has 0 bridgehead atoms. The molecule has 4 atom stereocenters. The summed E-state index contributed by atoms with van der Waals surface area (Å²) in [6.07, 6.45) is 4.63. The lowest BCUT2D eigenvalue weighted by atomic mass is 9.90. The van der Waals surface area contributed by atoms with Gasteiger partial charge in [0.05, 0.1) is 18.2 Å². The minimum Gasteiger partial charge on any atom is -0.445 e. The highest BCUT2D eigenvalue weighted by atomic mass is 16.6. The molecule has 0 aliphatic heterocycles. The van der Waals surface area contributed by atoms with E-state index in [0.717, 1.165) is 73.6 Å². The van der Waals surface area contributed by atoms with Crippen molar-refractivity contribution in [1.29, 1.82) is 0 Å². The maximum absolute atomic E-state index is 14.4. The maximum atomic E-state index is 14.4. The average molecular weight is 789 g/mol. The normalized spacial score (nSPS) is 16.4. The molecule has 4 aromatic rings. The van der Waals surface area contributed by atoms with Crippen LogP contribution >= 0.6 is 0 Å². The molecule has 0 heterocycles. The Kier molecular flexibility index (Phi) is 15.7. The van der Waals surface area contributed by atoms with Gasteiger partial charge in [-0.2, -0.15) is 0 Å². The molecule has 11 nitrogen and oxygen atoms in total. The van der Waals surface area contributed by atoms with Gasteiger partial charge in [-0.15, -0.1) is 0 Å². The summed E-state index contributed by atoms with van der Waals surface area (Å²) in [6.45, 7) is 0.118. The van der Waals surface area contributed by atoms with Gasteiger partial charge in [0.2, 0.25) is 11.8 Å². The summed E-state index contributed by atoms with van der Waals surface area (Å²) in [4.78, 5) is 55.0.